The molecule has 5 nitrogen and oxygen atoms in total. The molecule has 2 heterocycles. The molecule has 0 saturated carbocycles. The first-order valence-corrected chi connectivity index (χ1v) is 7.36. The highest BCUT2D eigenvalue weighted by Gasteiger charge is 2.11. The molecule has 0 aliphatic rings. The van der Waals surface area contributed by atoms with Crippen LogP contribution in [0.5, 0.6) is 0 Å². The predicted octanol–water partition coefficient (Wildman–Crippen LogP) is 2.51. The Hall–Kier alpha value is -2.47. The van der Waals surface area contributed by atoms with Gasteiger partial charge in [0.2, 0.25) is 0 Å². The van der Waals surface area contributed by atoms with Gasteiger partial charge in [0.1, 0.15) is 11.5 Å². The lowest BCUT2D eigenvalue weighted by Crippen LogP contribution is -2.24. The van der Waals surface area contributed by atoms with Gasteiger partial charge in [-0.25, -0.2) is 9.97 Å². The topological polar surface area (TPSA) is 80.9 Å². The molecule has 0 aliphatic heterocycles. The molecule has 0 fully saturated rings. The van der Waals surface area contributed by atoms with Crippen LogP contribution in [-0.2, 0) is 6.54 Å². The molecule has 3 N–H and O–H groups in total. The van der Waals surface area contributed by atoms with Crippen LogP contribution in [0, 0.1) is 6.92 Å². The van der Waals surface area contributed by atoms with Gasteiger partial charge < -0.3 is 11.1 Å². The summed E-state index contributed by atoms with van der Waals surface area (Å²) < 4.78 is 0. The number of nitrogens with two attached hydrogens (primary N) is 1. The molecule has 0 saturated heterocycles. The number of benzene rings is 1. The Kier molecular flexibility index (Phi) is 3.53. The highest BCUT2D eigenvalue weighted by atomic mass is 32.1. The zero-order valence-corrected chi connectivity index (χ0v) is 12.3. The van der Waals surface area contributed by atoms with Crippen LogP contribution in [-0.4, -0.2) is 15.9 Å². The van der Waals surface area contributed by atoms with Gasteiger partial charge in [0.05, 0.1) is 17.2 Å². The Labute approximate surface area is 125 Å². The number of nitrogens with zero attached hydrogens (tertiary/aromatic N) is 2. The lowest BCUT2D eigenvalue weighted by atomic mass is 10.1. The van der Waals surface area contributed by atoms with E-state index in [4.69, 9.17) is 5.73 Å². The Morgan fingerprint density at radius 3 is 2.90 bits per heavy atom. The van der Waals surface area contributed by atoms with E-state index >= 15 is 0 Å². The minimum absolute atomic E-state index is 0.252. The number of nitrogens with one attached hydrogen (secondary N) is 1. The number of anilines is 1. The SMILES string of the molecule is Cc1nc(CNC(=O)c2cc3ccccc3c(N)n2)cs1. The number of carbonyl (C=O) groups is 1. The van der Waals surface area contributed by atoms with Crippen molar-refractivity contribution in [2.45, 2.75) is 13.5 Å². The summed E-state index contributed by atoms with van der Waals surface area (Å²) in [5, 5.41) is 7.47. The number of pyridine rings is 1. The van der Waals surface area contributed by atoms with Crippen molar-refractivity contribution < 1.29 is 4.79 Å². The van der Waals surface area contributed by atoms with E-state index in [0.717, 1.165) is 21.5 Å². The second kappa shape index (κ2) is 5.49. The minimum atomic E-state index is -0.252. The van der Waals surface area contributed by atoms with Crippen LogP contribution in [0.25, 0.3) is 10.8 Å². The molecule has 0 radical (unpaired) electrons. The molecule has 106 valence electrons. The van der Waals surface area contributed by atoms with Crippen molar-refractivity contribution in [1.29, 1.82) is 0 Å². The summed E-state index contributed by atoms with van der Waals surface area (Å²) in [6, 6.07) is 9.34. The van der Waals surface area contributed by atoms with Crippen molar-refractivity contribution in [2.75, 3.05) is 5.73 Å². The zero-order valence-electron chi connectivity index (χ0n) is 11.5. The number of hydrogen-bond acceptors (Lipinski definition) is 5. The molecule has 0 unspecified atom stereocenters. The maximum absolute atomic E-state index is 12.2. The summed E-state index contributed by atoms with van der Waals surface area (Å²) in [5.74, 6) is 0.112. The van der Waals surface area contributed by atoms with Gasteiger partial charge in [0, 0.05) is 10.8 Å². The normalized spacial score (nSPS) is 10.7. The fraction of sp³-hybridized carbons (Fsp3) is 0.133. The number of aromatic nitrogens is 2. The Morgan fingerprint density at radius 1 is 1.33 bits per heavy atom. The number of hydrogen-bond donors (Lipinski definition) is 2. The number of rotatable bonds is 3. The third-order valence-corrected chi connectivity index (χ3v) is 3.92. The summed E-state index contributed by atoms with van der Waals surface area (Å²) >= 11 is 1.56. The standard InChI is InChI=1S/C15H14N4OS/c1-9-18-11(8-21-9)7-17-15(20)13-6-10-4-2-3-5-12(10)14(16)19-13/h2-6,8H,7H2,1H3,(H2,16,19)(H,17,20). The first-order valence-electron chi connectivity index (χ1n) is 6.48. The molecule has 3 aromatic rings. The predicted molar refractivity (Wildman–Crippen MR) is 84.2 cm³/mol. The summed E-state index contributed by atoms with van der Waals surface area (Å²) in [5.41, 5.74) is 7.07. The van der Waals surface area contributed by atoms with Gasteiger partial charge in [-0.05, 0) is 18.4 Å². The van der Waals surface area contributed by atoms with E-state index in [2.05, 4.69) is 15.3 Å². The van der Waals surface area contributed by atoms with Crippen molar-refractivity contribution in [3.8, 4) is 0 Å². The molecule has 2 aromatic heterocycles. The number of aryl methyl sites for hydroxylation is 1. The van der Waals surface area contributed by atoms with Crippen LogP contribution in [0.1, 0.15) is 21.2 Å². The van der Waals surface area contributed by atoms with Crippen molar-refractivity contribution in [1.82, 2.24) is 15.3 Å². The molecule has 0 atom stereocenters. The van der Waals surface area contributed by atoms with Crippen molar-refractivity contribution in [3.05, 3.63) is 52.1 Å². The Morgan fingerprint density at radius 2 is 2.14 bits per heavy atom. The van der Waals surface area contributed by atoms with E-state index in [0.29, 0.717) is 18.1 Å². The van der Waals surface area contributed by atoms with Crippen LogP contribution in [0.3, 0.4) is 0 Å². The van der Waals surface area contributed by atoms with E-state index in [1.807, 2.05) is 36.6 Å². The monoisotopic (exact) mass is 298 g/mol. The average molecular weight is 298 g/mol. The molecule has 3 rings (SSSR count). The summed E-state index contributed by atoms with van der Waals surface area (Å²) in [7, 11) is 0. The number of fused-ring (bicyclic) bond motifs is 1. The van der Waals surface area contributed by atoms with Crippen LogP contribution in [0.15, 0.2) is 35.7 Å². The van der Waals surface area contributed by atoms with E-state index in [1.165, 1.54) is 0 Å². The van der Waals surface area contributed by atoms with Crippen molar-refractivity contribution in [3.63, 3.8) is 0 Å². The Bertz CT molecular complexity index is 812. The lowest BCUT2D eigenvalue weighted by Gasteiger charge is -2.06. The Balaban J connectivity index is 1.81. The maximum Gasteiger partial charge on any atom is 0.270 e. The highest BCUT2D eigenvalue weighted by Crippen LogP contribution is 2.20. The minimum Gasteiger partial charge on any atom is -0.383 e. The van der Waals surface area contributed by atoms with Gasteiger partial charge in [-0.3, -0.25) is 4.79 Å². The van der Waals surface area contributed by atoms with Crippen molar-refractivity contribution >= 4 is 33.8 Å². The molecule has 1 amide bonds. The first-order chi connectivity index (χ1) is 10.1. The maximum atomic E-state index is 12.2. The van der Waals surface area contributed by atoms with E-state index in [9.17, 15) is 4.79 Å². The molecular weight excluding hydrogens is 284 g/mol. The molecule has 0 bridgehead atoms. The fourth-order valence-electron chi connectivity index (χ4n) is 2.09. The van der Waals surface area contributed by atoms with E-state index in [1.54, 1.807) is 17.4 Å². The number of thiazole rings is 1. The van der Waals surface area contributed by atoms with Crippen LogP contribution >= 0.6 is 11.3 Å². The highest BCUT2D eigenvalue weighted by molar-refractivity contribution is 7.09. The third-order valence-electron chi connectivity index (χ3n) is 3.10. The number of carbonyl (C=O) groups excluding carboxylic acids is 1. The fourth-order valence-corrected chi connectivity index (χ4v) is 2.71. The van der Waals surface area contributed by atoms with Crippen molar-refractivity contribution in [2.24, 2.45) is 0 Å². The molecular formula is C15H14N4OS. The van der Waals surface area contributed by atoms with Gasteiger partial charge in [0.25, 0.3) is 5.91 Å². The smallest absolute Gasteiger partial charge is 0.270 e. The van der Waals surface area contributed by atoms with Gasteiger partial charge >= 0.3 is 0 Å². The van der Waals surface area contributed by atoms with Crippen LogP contribution < -0.4 is 11.1 Å². The second-order valence-corrected chi connectivity index (χ2v) is 5.72. The molecule has 1 aromatic carbocycles. The second-order valence-electron chi connectivity index (χ2n) is 4.65. The first kappa shape index (κ1) is 13.5. The zero-order chi connectivity index (χ0) is 14.8. The van der Waals surface area contributed by atoms with Gasteiger partial charge in [-0.1, -0.05) is 24.3 Å². The van der Waals surface area contributed by atoms with Gasteiger partial charge in [-0.2, -0.15) is 0 Å². The van der Waals surface area contributed by atoms with E-state index < -0.39 is 0 Å². The molecule has 21 heavy (non-hydrogen) atoms. The van der Waals surface area contributed by atoms with Gasteiger partial charge in [0.15, 0.2) is 0 Å². The van der Waals surface area contributed by atoms with Crippen LogP contribution in [0.2, 0.25) is 0 Å². The summed E-state index contributed by atoms with van der Waals surface area (Å²) in [6.45, 7) is 2.32. The van der Waals surface area contributed by atoms with E-state index in [-0.39, 0.29) is 5.91 Å². The molecule has 0 spiro atoms. The summed E-state index contributed by atoms with van der Waals surface area (Å²) in [4.78, 5) is 20.6. The summed E-state index contributed by atoms with van der Waals surface area (Å²) in [6.07, 6.45) is 0. The third kappa shape index (κ3) is 2.85. The van der Waals surface area contributed by atoms with Crippen LogP contribution in [0.4, 0.5) is 5.82 Å². The molecule has 6 heteroatoms. The number of amides is 1. The number of nitrogen functional groups attached to an aromatic ring is 1. The quantitative estimate of drug-likeness (QED) is 0.778. The van der Waals surface area contributed by atoms with Gasteiger partial charge in [-0.15, -0.1) is 11.3 Å². The molecule has 0 aliphatic carbocycles. The average Bonchev–Trinajstić information content (AvgIpc) is 2.90. The largest absolute Gasteiger partial charge is 0.383 e. The lowest BCUT2D eigenvalue weighted by molar-refractivity contribution is 0.0946.